The number of ether oxygens (including phenoxy) is 1. The number of fused-ring (bicyclic) bond motifs is 1. The number of carbonyl (C=O) groups is 1. The Labute approximate surface area is 193 Å². The predicted molar refractivity (Wildman–Crippen MR) is 126 cm³/mol. The highest BCUT2D eigenvalue weighted by atomic mass is 79.9. The Morgan fingerprint density at radius 1 is 1.28 bits per heavy atom. The normalized spacial score (nSPS) is 24.8. The molecule has 0 radical (unpaired) electrons. The van der Waals surface area contributed by atoms with Gasteiger partial charge in [0.15, 0.2) is 5.78 Å². The van der Waals surface area contributed by atoms with Crippen molar-refractivity contribution in [3.05, 3.63) is 56.5 Å². The van der Waals surface area contributed by atoms with E-state index in [9.17, 15) is 4.79 Å². The van der Waals surface area contributed by atoms with E-state index in [-0.39, 0.29) is 5.78 Å². The van der Waals surface area contributed by atoms with E-state index in [1.54, 1.807) is 11.8 Å². The van der Waals surface area contributed by atoms with Gasteiger partial charge in [-0.05, 0) is 71.9 Å². The van der Waals surface area contributed by atoms with Crippen molar-refractivity contribution in [3.8, 4) is 5.75 Å². The van der Waals surface area contributed by atoms with Crippen LogP contribution in [0.2, 0.25) is 0 Å². The number of carbonyl (C=O) groups excluding carboxylic acids is 1. The highest BCUT2D eigenvalue weighted by Crippen LogP contribution is 2.46. The van der Waals surface area contributed by atoms with Gasteiger partial charge in [-0.1, -0.05) is 41.1 Å². The average Bonchev–Trinajstić information content (AvgIpc) is 2.70. The molecule has 1 fully saturated rings. The molecule has 3 nitrogen and oxygen atoms in total. The summed E-state index contributed by atoms with van der Waals surface area (Å²) in [6.07, 6.45) is 2.46. The molecule has 154 valence electrons. The number of likely N-dealkylation sites (tertiary alicyclic amines) is 1. The second-order valence-electron chi connectivity index (χ2n) is 8.18. The molecule has 4 rings (SSSR count). The number of ketones is 1. The van der Waals surface area contributed by atoms with Crippen molar-refractivity contribution in [2.45, 2.75) is 36.3 Å². The summed E-state index contributed by atoms with van der Waals surface area (Å²) in [5, 5.41) is 0. The summed E-state index contributed by atoms with van der Waals surface area (Å²) in [6, 6.07) is 12.1. The van der Waals surface area contributed by atoms with E-state index < -0.39 is 4.75 Å². The van der Waals surface area contributed by atoms with Crippen LogP contribution in [0.5, 0.6) is 5.75 Å². The van der Waals surface area contributed by atoms with Crippen LogP contribution in [-0.4, -0.2) is 41.7 Å². The topological polar surface area (TPSA) is 29.5 Å². The van der Waals surface area contributed by atoms with Gasteiger partial charge in [-0.15, -0.1) is 11.8 Å². The van der Waals surface area contributed by atoms with E-state index in [0.29, 0.717) is 30.4 Å². The molecule has 2 aliphatic rings. The lowest BCUT2D eigenvalue weighted by Crippen LogP contribution is -2.54. The summed E-state index contributed by atoms with van der Waals surface area (Å²) in [5.74, 6) is 1.50. The van der Waals surface area contributed by atoms with Crippen molar-refractivity contribution >= 4 is 49.4 Å². The number of piperidine rings is 1. The molecule has 0 N–H and O–H groups in total. The van der Waals surface area contributed by atoms with Gasteiger partial charge < -0.3 is 9.64 Å². The smallest absolute Gasteiger partial charge is 0.187 e. The molecular weight excluding hydrogens is 514 g/mol. The molecule has 0 aliphatic carbocycles. The summed E-state index contributed by atoms with van der Waals surface area (Å²) in [5.41, 5.74) is 1.71. The van der Waals surface area contributed by atoms with Crippen LogP contribution in [0, 0.1) is 12.8 Å². The zero-order chi connectivity index (χ0) is 20.6. The summed E-state index contributed by atoms with van der Waals surface area (Å²) >= 11 is 8.89. The third-order valence-electron chi connectivity index (χ3n) is 5.79. The molecule has 2 aliphatic heterocycles. The number of benzene rings is 2. The lowest BCUT2D eigenvalue weighted by Gasteiger charge is -2.42. The molecule has 2 unspecified atom stereocenters. The predicted octanol–water partition coefficient (Wildman–Crippen LogP) is 6.36. The standard InChI is InChI=1S/C23H25Br2NO2S/c1-15-7-6-10-26(12-15)13-23(29-17-8-4-3-5-9-17)14-28-21-18(22(23)27)11-19(24)16(2)20(21)25/h3-5,8-9,11,15H,6-7,10,12-14H2,1-2H3. The molecule has 2 aromatic rings. The van der Waals surface area contributed by atoms with Crippen LogP contribution >= 0.6 is 43.6 Å². The van der Waals surface area contributed by atoms with E-state index >= 15 is 0 Å². The van der Waals surface area contributed by atoms with E-state index in [1.165, 1.54) is 12.8 Å². The van der Waals surface area contributed by atoms with Crippen LogP contribution in [0.15, 0.2) is 50.2 Å². The quantitative estimate of drug-likeness (QED) is 0.453. The Balaban J connectivity index is 1.73. The highest BCUT2D eigenvalue weighted by Gasteiger charge is 2.47. The third kappa shape index (κ3) is 4.32. The van der Waals surface area contributed by atoms with Crippen molar-refractivity contribution in [1.29, 1.82) is 0 Å². The van der Waals surface area contributed by atoms with E-state index in [0.717, 1.165) is 32.5 Å². The molecule has 0 aromatic heterocycles. The fourth-order valence-electron chi connectivity index (χ4n) is 4.23. The number of halogens is 2. The minimum absolute atomic E-state index is 0.159. The largest absolute Gasteiger partial charge is 0.490 e. The summed E-state index contributed by atoms with van der Waals surface area (Å²) in [7, 11) is 0. The summed E-state index contributed by atoms with van der Waals surface area (Å²) in [4.78, 5) is 17.5. The fraction of sp³-hybridized carbons (Fsp3) is 0.435. The summed E-state index contributed by atoms with van der Waals surface area (Å²) < 4.78 is 7.41. The van der Waals surface area contributed by atoms with Crippen molar-refractivity contribution < 1.29 is 9.53 Å². The minimum Gasteiger partial charge on any atom is -0.490 e. The number of thioether (sulfide) groups is 1. The minimum atomic E-state index is -0.653. The highest BCUT2D eigenvalue weighted by molar-refractivity contribution is 9.11. The van der Waals surface area contributed by atoms with Gasteiger partial charge >= 0.3 is 0 Å². The van der Waals surface area contributed by atoms with Crippen LogP contribution < -0.4 is 4.74 Å². The first-order valence-corrected chi connectivity index (χ1v) is 12.4. The van der Waals surface area contributed by atoms with Crippen LogP contribution in [0.3, 0.4) is 0 Å². The lowest BCUT2D eigenvalue weighted by atomic mass is 9.91. The molecule has 0 spiro atoms. The number of hydrogen-bond acceptors (Lipinski definition) is 4. The van der Waals surface area contributed by atoms with Crippen molar-refractivity contribution in [1.82, 2.24) is 4.90 Å². The van der Waals surface area contributed by atoms with E-state index in [4.69, 9.17) is 4.74 Å². The molecule has 2 atom stereocenters. The van der Waals surface area contributed by atoms with Crippen LogP contribution in [0.25, 0.3) is 0 Å². The molecular formula is C23H25Br2NO2S. The van der Waals surface area contributed by atoms with Crippen molar-refractivity contribution in [3.63, 3.8) is 0 Å². The van der Waals surface area contributed by atoms with Gasteiger partial charge in [-0.2, -0.15) is 0 Å². The van der Waals surface area contributed by atoms with Crippen LogP contribution in [0.4, 0.5) is 0 Å². The van der Waals surface area contributed by atoms with Gasteiger partial charge in [-0.3, -0.25) is 4.79 Å². The van der Waals surface area contributed by atoms with Gasteiger partial charge in [0, 0.05) is 22.5 Å². The number of rotatable bonds is 4. The van der Waals surface area contributed by atoms with Gasteiger partial charge in [-0.25, -0.2) is 0 Å². The second-order valence-corrected chi connectivity index (χ2v) is 11.3. The third-order valence-corrected chi connectivity index (χ3v) is 8.90. The van der Waals surface area contributed by atoms with Gasteiger partial charge in [0.05, 0.1) is 10.0 Å². The second kappa shape index (κ2) is 8.74. The fourth-order valence-corrected chi connectivity index (χ4v) is 6.78. The maximum atomic E-state index is 13.9. The van der Waals surface area contributed by atoms with Crippen molar-refractivity contribution in [2.24, 2.45) is 5.92 Å². The molecule has 0 amide bonds. The van der Waals surface area contributed by atoms with Crippen LogP contribution in [0.1, 0.15) is 35.7 Å². The SMILES string of the molecule is Cc1c(Br)cc2c(c1Br)OCC(CN1CCCC(C)C1)(Sc1ccccc1)C2=O. The van der Waals surface area contributed by atoms with Gasteiger partial charge in [0.1, 0.15) is 17.1 Å². The maximum Gasteiger partial charge on any atom is 0.187 e. The monoisotopic (exact) mass is 537 g/mol. The van der Waals surface area contributed by atoms with Crippen LogP contribution in [-0.2, 0) is 0 Å². The molecule has 2 aromatic carbocycles. The Morgan fingerprint density at radius 3 is 2.76 bits per heavy atom. The Hall–Kier alpha value is -0.820. The lowest BCUT2D eigenvalue weighted by molar-refractivity contribution is 0.0784. The Morgan fingerprint density at radius 2 is 2.03 bits per heavy atom. The molecule has 0 saturated carbocycles. The van der Waals surface area contributed by atoms with E-state index in [2.05, 4.69) is 55.8 Å². The molecule has 29 heavy (non-hydrogen) atoms. The molecule has 2 heterocycles. The molecule has 1 saturated heterocycles. The van der Waals surface area contributed by atoms with E-state index in [1.807, 2.05) is 31.2 Å². The molecule has 0 bridgehead atoms. The first-order chi connectivity index (χ1) is 13.9. The van der Waals surface area contributed by atoms with Gasteiger partial charge in [0.25, 0.3) is 0 Å². The zero-order valence-electron chi connectivity index (χ0n) is 16.7. The Bertz CT molecular complexity index is 921. The number of hydrogen-bond donors (Lipinski definition) is 0. The van der Waals surface area contributed by atoms with Gasteiger partial charge in [0.2, 0.25) is 0 Å². The van der Waals surface area contributed by atoms with Crippen molar-refractivity contribution in [2.75, 3.05) is 26.2 Å². The number of Topliss-reactive ketones (excluding diaryl/α,β-unsaturated/α-hetero) is 1. The zero-order valence-corrected chi connectivity index (χ0v) is 20.7. The first kappa shape index (κ1) is 21.4. The maximum absolute atomic E-state index is 13.9. The molecule has 6 heteroatoms. The summed E-state index contributed by atoms with van der Waals surface area (Å²) in [6.45, 7) is 7.48. The first-order valence-electron chi connectivity index (χ1n) is 10.0. The average molecular weight is 539 g/mol. The Kier molecular flexibility index (Phi) is 6.45. The number of nitrogens with zero attached hydrogens (tertiary/aromatic N) is 1.